The number of amides is 1. The van der Waals surface area contributed by atoms with Crippen LogP contribution in [0.1, 0.15) is 41.8 Å². The number of thiophene rings is 1. The molecule has 0 unspecified atom stereocenters. The van der Waals surface area contributed by atoms with E-state index in [4.69, 9.17) is 5.14 Å². The molecule has 0 atom stereocenters. The molecule has 7 heteroatoms. The summed E-state index contributed by atoms with van der Waals surface area (Å²) < 4.78 is 22.7. The Bertz CT molecular complexity index is 617. The second kappa shape index (κ2) is 6.51. The number of primary sulfonamides is 1. The molecular weight excluding hydrogens is 296 g/mol. The first kappa shape index (κ1) is 15.2. The minimum absolute atomic E-state index is 0.100. The molecule has 20 heavy (non-hydrogen) atoms. The fourth-order valence-electron chi connectivity index (χ4n) is 2.24. The third-order valence-electron chi connectivity index (χ3n) is 3.26. The Kier molecular flexibility index (Phi) is 4.95. The third-order valence-corrected chi connectivity index (χ3v) is 5.25. The predicted molar refractivity (Wildman–Crippen MR) is 79.2 cm³/mol. The maximum atomic E-state index is 12.0. The predicted octanol–water partition coefficient (Wildman–Crippen LogP) is 2.02. The van der Waals surface area contributed by atoms with Crippen LogP contribution in [0.25, 0.3) is 0 Å². The number of nitrogens with one attached hydrogen (secondary N) is 1. The van der Waals surface area contributed by atoms with E-state index in [9.17, 15) is 13.2 Å². The van der Waals surface area contributed by atoms with Crippen molar-refractivity contribution < 1.29 is 13.2 Å². The highest BCUT2D eigenvalue weighted by Gasteiger charge is 2.20. The summed E-state index contributed by atoms with van der Waals surface area (Å²) in [6.45, 7) is 0.520. The van der Waals surface area contributed by atoms with Gasteiger partial charge in [0, 0.05) is 6.54 Å². The lowest BCUT2D eigenvalue weighted by molar-refractivity contribution is 0.0955. The number of sulfonamides is 1. The molecule has 1 heterocycles. The molecule has 0 saturated heterocycles. The summed E-state index contributed by atoms with van der Waals surface area (Å²) in [6, 6.07) is 1.36. The van der Waals surface area contributed by atoms with Crippen molar-refractivity contribution in [3.63, 3.8) is 0 Å². The van der Waals surface area contributed by atoms with Crippen LogP contribution < -0.4 is 10.5 Å². The summed E-state index contributed by atoms with van der Waals surface area (Å²) in [5.41, 5.74) is 1.37. The Morgan fingerprint density at radius 1 is 1.40 bits per heavy atom. The van der Waals surface area contributed by atoms with E-state index in [1.54, 1.807) is 5.38 Å². The summed E-state index contributed by atoms with van der Waals surface area (Å²) in [4.78, 5) is 12.0. The van der Waals surface area contributed by atoms with Gasteiger partial charge in [-0.25, -0.2) is 13.6 Å². The second-order valence-corrected chi connectivity index (χ2v) is 7.22. The van der Waals surface area contributed by atoms with E-state index in [-0.39, 0.29) is 15.7 Å². The number of rotatable bonds is 5. The van der Waals surface area contributed by atoms with Crippen LogP contribution in [0.2, 0.25) is 0 Å². The molecule has 0 saturated carbocycles. The van der Waals surface area contributed by atoms with Crippen LogP contribution >= 0.6 is 11.3 Å². The molecule has 1 aliphatic carbocycles. The fraction of sp³-hybridized carbons (Fsp3) is 0.462. The molecule has 1 aliphatic rings. The number of nitrogens with two attached hydrogens (primary N) is 1. The number of hydrogen-bond donors (Lipinski definition) is 2. The maximum absolute atomic E-state index is 12.0. The van der Waals surface area contributed by atoms with E-state index in [1.807, 2.05) is 0 Å². The molecule has 5 nitrogen and oxygen atoms in total. The Balaban J connectivity index is 1.92. The van der Waals surface area contributed by atoms with Crippen LogP contribution in [0.5, 0.6) is 0 Å². The van der Waals surface area contributed by atoms with Crippen molar-refractivity contribution >= 4 is 27.3 Å². The van der Waals surface area contributed by atoms with Gasteiger partial charge < -0.3 is 5.32 Å². The molecule has 0 aliphatic heterocycles. The van der Waals surface area contributed by atoms with Gasteiger partial charge in [0.1, 0.15) is 9.77 Å². The van der Waals surface area contributed by atoms with Gasteiger partial charge in [-0.15, -0.1) is 11.3 Å². The number of carbonyl (C=O) groups is 1. The van der Waals surface area contributed by atoms with Crippen molar-refractivity contribution in [1.82, 2.24) is 5.32 Å². The molecule has 0 aromatic carbocycles. The van der Waals surface area contributed by atoms with Crippen LogP contribution in [0.3, 0.4) is 0 Å². The zero-order valence-electron chi connectivity index (χ0n) is 11.1. The van der Waals surface area contributed by atoms with Crippen molar-refractivity contribution in [2.24, 2.45) is 5.14 Å². The molecule has 110 valence electrons. The Morgan fingerprint density at radius 2 is 2.20 bits per heavy atom. The van der Waals surface area contributed by atoms with E-state index in [0.717, 1.165) is 30.6 Å². The highest BCUT2D eigenvalue weighted by molar-refractivity contribution is 7.89. The monoisotopic (exact) mass is 314 g/mol. The van der Waals surface area contributed by atoms with Gasteiger partial charge in [-0.1, -0.05) is 11.6 Å². The molecule has 3 N–H and O–H groups in total. The van der Waals surface area contributed by atoms with Crippen molar-refractivity contribution in [2.75, 3.05) is 6.54 Å². The molecule has 0 radical (unpaired) electrons. The van der Waals surface area contributed by atoms with Crippen molar-refractivity contribution in [3.05, 3.63) is 28.0 Å². The SMILES string of the molecule is NS(=O)(=O)c1ccsc1C(=O)NCCC1=CCCCC1. The lowest BCUT2D eigenvalue weighted by atomic mass is 9.97. The largest absolute Gasteiger partial charge is 0.351 e. The van der Waals surface area contributed by atoms with Gasteiger partial charge in [-0.05, 0) is 43.6 Å². The molecule has 1 aromatic heterocycles. The number of hydrogen-bond acceptors (Lipinski definition) is 4. The Hall–Kier alpha value is -1.18. The van der Waals surface area contributed by atoms with Crippen LogP contribution in [-0.2, 0) is 10.0 Å². The van der Waals surface area contributed by atoms with Crippen LogP contribution in [0, 0.1) is 0 Å². The average molecular weight is 314 g/mol. The quantitative estimate of drug-likeness (QED) is 0.815. The smallest absolute Gasteiger partial charge is 0.262 e. The van der Waals surface area contributed by atoms with Gasteiger partial charge in [0.2, 0.25) is 10.0 Å². The van der Waals surface area contributed by atoms with E-state index in [1.165, 1.54) is 24.5 Å². The van der Waals surface area contributed by atoms with E-state index < -0.39 is 10.0 Å². The summed E-state index contributed by atoms with van der Waals surface area (Å²) in [7, 11) is -3.84. The molecule has 0 spiro atoms. The molecular formula is C13H18N2O3S2. The average Bonchev–Trinajstić information content (AvgIpc) is 2.89. The highest BCUT2D eigenvalue weighted by atomic mass is 32.2. The van der Waals surface area contributed by atoms with Gasteiger partial charge in [0.25, 0.3) is 5.91 Å². The first-order chi connectivity index (χ1) is 9.48. The first-order valence-electron chi connectivity index (χ1n) is 6.55. The number of allylic oxidation sites excluding steroid dienone is 1. The van der Waals surface area contributed by atoms with Crippen molar-refractivity contribution in [1.29, 1.82) is 0 Å². The summed E-state index contributed by atoms with van der Waals surface area (Å²) >= 11 is 1.08. The minimum atomic E-state index is -3.84. The zero-order chi connectivity index (χ0) is 14.6. The lowest BCUT2D eigenvalue weighted by Crippen LogP contribution is -2.26. The second-order valence-electron chi connectivity index (χ2n) is 4.77. The minimum Gasteiger partial charge on any atom is -0.351 e. The van der Waals surface area contributed by atoms with Crippen LogP contribution in [-0.4, -0.2) is 20.9 Å². The molecule has 2 rings (SSSR count). The van der Waals surface area contributed by atoms with Crippen molar-refractivity contribution in [3.8, 4) is 0 Å². The topological polar surface area (TPSA) is 89.3 Å². The molecule has 0 bridgehead atoms. The molecule has 1 aromatic rings. The van der Waals surface area contributed by atoms with Gasteiger partial charge >= 0.3 is 0 Å². The lowest BCUT2D eigenvalue weighted by Gasteiger charge is -2.12. The highest BCUT2D eigenvalue weighted by Crippen LogP contribution is 2.21. The van der Waals surface area contributed by atoms with Crippen LogP contribution in [0.15, 0.2) is 28.0 Å². The standard InChI is InChI=1S/C13H18N2O3S2/c14-20(17,18)11-7-9-19-12(11)13(16)15-8-6-10-4-2-1-3-5-10/h4,7,9H,1-3,5-6,8H2,(H,15,16)(H2,14,17,18). The first-order valence-corrected chi connectivity index (χ1v) is 8.97. The van der Waals surface area contributed by atoms with E-state index in [0.29, 0.717) is 6.54 Å². The van der Waals surface area contributed by atoms with Gasteiger partial charge in [0.15, 0.2) is 0 Å². The maximum Gasteiger partial charge on any atom is 0.262 e. The zero-order valence-corrected chi connectivity index (χ0v) is 12.7. The third kappa shape index (κ3) is 3.91. The van der Waals surface area contributed by atoms with Gasteiger partial charge in [-0.3, -0.25) is 4.79 Å². The molecule has 1 amide bonds. The van der Waals surface area contributed by atoms with E-state index in [2.05, 4.69) is 11.4 Å². The fourth-order valence-corrected chi connectivity index (χ4v) is 4.13. The van der Waals surface area contributed by atoms with E-state index >= 15 is 0 Å². The molecule has 0 fully saturated rings. The van der Waals surface area contributed by atoms with Gasteiger partial charge in [-0.2, -0.15) is 0 Å². The Labute approximate surface area is 122 Å². The summed E-state index contributed by atoms with van der Waals surface area (Å²) in [6.07, 6.45) is 7.71. The van der Waals surface area contributed by atoms with Gasteiger partial charge in [0.05, 0.1) is 0 Å². The van der Waals surface area contributed by atoms with Crippen LogP contribution in [0.4, 0.5) is 0 Å². The summed E-state index contributed by atoms with van der Waals surface area (Å²) in [5.74, 6) is -0.375. The summed E-state index contributed by atoms with van der Waals surface area (Å²) in [5, 5.41) is 9.38. The Morgan fingerprint density at radius 3 is 2.85 bits per heavy atom. The normalized spacial score (nSPS) is 15.8. The van der Waals surface area contributed by atoms with Crippen molar-refractivity contribution in [2.45, 2.75) is 37.0 Å². The number of carbonyl (C=O) groups excluding carboxylic acids is 1.